The summed E-state index contributed by atoms with van der Waals surface area (Å²) in [6.45, 7) is 1.26. The van der Waals surface area contributed by atoms with Crippen molar-refractivity contribution in [1.82, 2.24) is 15.6 Å². The van der Waals surface area contributed by atoms with Crippen LogP contribution in [0.1, 0.15) is 30.0 Å². The van der Waals surface area contributed by atoms with Crippen LogP contribution in [0, 0.1) is 0 Å². The molecule has 1 unspecified atom stereocenters. The van der Waals surface area contributed by atoms with Crippen molar-refractivity contribution >= 4 is 29.7 Å². The van der Waals surface area contributed by atoms with Gasteiger partial charge in [0.1, 0.15) is 0 Å². The monoisotopic (exact) mass is 343 g/mol. The summed E-state index contributed by atoms with van der Waals surface area (Å²) in [6, 6.07) is 0.228. The highest BCUT2D eigenvalue weighted by molar-refractivity contribution is 7.09. The molecule has 1 aliphatic rings. The van der Waals surface area contributed by atoms with Crippen LogP contribution in [0.2, 0.25) is 0 Å². The fourth-order valence-electron chi connectivity index (χ4n) is 2.09. The highest BCUT2D eigenvalue weighted by Gasteiger charge is 2.33. The molecule has 9 heteroatoms. The Hall–Kier alpha value is -0.860. The van der Waals surface area contributed by atoms with Crippen LogP contribution in [0.25, 0.3) is 0 Å². The number of hydrogen-bond acceptors (Lipinski definition) is 4. The van der Waals surface area contributed by atoms with E-state index in [1.807, 2.05) is 0 Å². The zero-order chi connectivity index (χ0) is 14.6. The molecule has 0 saturated carbocycles. The minimum absolute atomic E-state index is 0. The van der Waals surface area contributed by atoms with Crippen LogP contribution in [0.3, 0.4) is 0 Å². The Kier molecular flexibility index (Phi) is 6.89. The molecule has 4 nitrogen and oxygen atoms in total. The minimum atomic E-state index is -4.40. The zero-order valence-electron chi connectivity index (χ0n) is 11.2. The maximum atomic E-state index is 12.3. The Balaban J connectivity index is 0.00000220. The summed E-state index contributed by atoms with van der Waals surface area (Å²) in [6.07, 6.45) is -1.57. The molecule has 1 fully saturated rings. The zero-order valence-corrected chi connectivity index (χ0v) is 12.8. The molecule has 1 atom stereocenters. The van der Waals surface area contributed by atoms with E-state index in [1.165, 1.54) is 0 Å². The van der Waals surface area contributed by atoms with E-state index in [9.17, 15) is 18.0 Å². The van der Waals surface area contributed by atoms with Gasteiger partial charge in [0.15, 0.2) is 5.69 Å². The second-order valence-electron chi connectivity index (χ2n) is 4.72. The first kappa shape index (κ1) is 18.2. The SMILES string of the molecule is Cl.O=C(CC1CCCN1)NCCc1nc(C(F)(F)F)cs1. The molecule has 1 saturated heterocycles. The number of thiazole rings is 1. The maximum absolute atomic E-state index is 12.3. The number of halogens is 4. The van der Waals surface area contributed by atoms with Crippen LogP contribution in [-0.2, 0) is 17.4 Å². The van der Waals surface area contributed by atoms with Gasteiger partial charge in [-0.3, -0.25) is 4.79 Å². The number of nitrogens with one attached hydrogen (secondary N) is 2. The number of carbonyl (C=O) groups is 1. The predicted octanol–water partition coefficient (Wildman–Crippen LogP) is 2.38. The first-order chi connectivity index (χ1) is 9.45. The van der Waals surface area contributed by atoms with Crippen molar-refractivity contribution in [3.8, 4) is 0 Å². The summed E-state index contributed by atoms with van der Waals surface area (Å²) in [4.78, 5) is 15.1. The van der Waals surface area contributed by atoms with Gasteiger partial charge >= 0.3 is 6.18 Å². The normalized spacial score (nSPS) is 18.3. The molecule has 1 aromatic rings. The van der Waals surface area contributed by atoms with Gasteiger partial charge in [0.2, 0.25) is 5.91 Å². The number of alkyl halides is 3. The number of amides is 1. The van der Waals surface area contributed by atoms with Crippen molar-refractivity contribution in [3.63, 3.8) is 0 Å². The lowest BCUT2D eigenvalue weighted by Gasteiger charge is -2.09. The van der Waals surface area contributed by atoms with Crippen LogP contribution in [0.5, 0.6) is 0 Å². The largest absolute Gasteiger partial charge is 0.434 e. The van der Waals surface area contributed by atoms with Crippen LogP contribution in [0.4, 0.5) is 13.2 Å². The number of aromatic nitrogens is 1. The lowest BCUT2D eigenvalue weighted by Crippen LogP contribution is -2.32. The second-order valence-corrected chi connectivity index (χ2v) is 5.66. The third-order valence-electron chi connectivity index (χ3n) is 3.10. The van der Waals surface area contributed by atoms with E-state index < -0.39 is 11.9 Å². The summed E-state index contributed by atoms with van der Waals surface area (Å²) < 4.78 is 37.0. The summed E-state index contributed by atoms with van der Waals surface area (Å²) in [7, 11) is 0. The summed E-state index contributed by atoms with van der Waals surface area (Å²) in [5.74, 6) is -0.0722. The average Bonchev–Trinajstić information content (AvgIpc) is 2.98. The molecule has 0 bridgehead atoms. The Morgan fingerprint density at radius 1 is 1.52 bits per heavy atom. The van der Waals surface area contributed by atoms with Gasteiger partial charge < -0.3 is 10.6 Å². The van der Waals surface area contributed by atoms with Crippen molar-refractivity contribution in [2.24, 2.45) is 0 Å². The van der Waals surface area contributed by atoms with Gasteiger partial charge in [0.05, 0.1) is 5.01 Å². The molecule has 21 heavy (non-hydrogen) atoms. The van der Waals surface area contributed by atoms with E-state index in [0.29, 0.717) is 24.4 Å². The van der Waals surface area contributed by atoms with Crippen molar-refractivity contribution in [2.75, 3.05) is 13.1 Å². The van der Waals surface area contributed by atoms with Crippen LogP contribution in [-0.4, -0.2) is 30.0 Å². The average molecular weight is 344 g/mol. The van der Waals surface area contributed by atoms with E-state index in [1.54, 1.807) is 0 Å². The molecule has 2 rings (SSSR count). The quantitative estimate of drug-likeness (QED) is 0.863. The van der Waals surface area contributed by atoms with Crippen molar-refractivity contribution < 1.29 is 18.0 Å². The number of rotatable bonds is 5. The van der Waals surface area contributed by atoms with Gasteiger partial charge in [-0.1, -0.05) is 0 Å². The third-order valence-corrected chi connectivity index (χ3v) is 4.01. The Morgan fingerprint density at radius 3 is 2.86 bits per heavy atom. The molecule has 0 radical (unpaired) electrons. The van der Waals surface area contributed by atoms with E-state index in [4.69, 9.17) is 0 Å². The molecule has 2 heterocycles. The molecule has 0 aliphatic carbocycles. The van der Waals surface area contributed by atoms with E-state index in [0.717, 1.165) is 36.1 Å². The molecule has 120 valence electrons. The lowest BCUT2D eigenvalue weighted by molar-refractivity contribution is -0.140. The number of hydrogen-bond donors (Lipinski definition) is 2. The summed E-state index contributed by atoms with van der Waals surface area (Å²) >= 11 is 0.966. The van der Waals surface area contributed by atoms with Gasteiger partial charge in [-0.05, 0) is 19.4 Å². The highest BCUT2D eigenvalue weighted by atomic mass is 35.5. The second kappa shape index (κ2) is 7.95. The molecular formula is C12H17ClF3N3OS. The van der Waals surface area contributed by atoms with Gasteiger partial charge in [-0.2, -0.15) is 13.2 Å². The van der Waals surface area contributed by atoms with E-state index in [2.05, 4.69) is 15.6 Å². The Morgan fingerprint density at radius 2 is 2.29 bits per heavy atom. The van der Waals surface area contributed by atoms with Gasteiger partial charge in [-0.15, -0.1) is 23.7 Å². The Labute approximate surface area is 130 Å². The molecular weight excluding hydrogens is 327 g/mol. The van der Waals surface area contributed by atoms with E-state index in [-0.39, 0.29) is 24.4 Å². The van der Waals surface area contributed by atoms with Gasteiger partial charge in [-0.25, -0.2) is 4.98 Å². The van der Waals surface area contributed by atoms with Gasteiger partial charge in [0, 0.05) is 30.8 Å². The Bertz CT molecular complexity index is 461. The molecule has 0 aromatic carbocycles. The molecule has 1 amide bonds. The van der Waals surface area contributed by atoms with E-state index >= 15 is 0 Å². The molecule has 1 aliphatic heterocycles. The van der Waals surface area contributed by atoms with Crippen LogP contribution in [0.15, 0.2) is 5.38 Å². The lowest BCUT2D eigenvalue weighted by atomic mass is 10.1. The summed E-state index contributed by atoms with van der Waals surface area (Å²) in [5.41, 5.74) is -0.862. The molecule has 2 N–H and O–H groups in total. The van der Waals surface area contributed by atoms with Crippen LogP contribution < -0.4 is 10.6 Å². The third kappa shape index (κ3) is 5.80. The van der Waals surface area contributed by atoms with Crippen molar-refractivity contribution in [1.29, 1.82) is 0 Å². The minimum Gasteiger partial charge on any atom is -0.356 e. The fraction of sp³-hybridized carbons (Fsp3) is 0.667. The van der Waals surface area contributed by atoms with Crippen molar-refractivity contribution in [2.45, 2.75) is 37.9 Å². The maximum Gasteiger partial charge on any atom is 0.434 e. The standard InChI is InChI=1S/C12H16F3N3OS.ClH/c13-12(14,15)9-7-20-11(18-9)3-5-17-10(19)6-8-2-1-4-16-8;/h7-8,16H,1-6H2,(H,17,19);1H. The molecule has 1 aromatic heterocycles. The first-order valence-electron chi connectivity index (χ1n) is 6.47. The molecule has 0 spiro atoms. The van der Waals surface area contributed by atoms with Crippen molar-refractivity contribution in [3.05, 3.63) is 16.1 Å². The highest BCUT2D eigenvalue weighted by Crippen LogP contribution is 2.29. The fourth-order valence-corrected chi connectivity index (χ4v) is 2.90. The smallest absolute Gasteiger partial charge is 0.356 e. The predicted molar refractivity (Wildman–Crippen MR) is 76.7 cm³/mol. The van der Waals surface area contributed by atoms with Crippen LogP contribution >= 0.6 is 23.7 Å². The number of nitrogens with zero attached hydrogens (tertiary/aromatic N) is 1. The summed E-state index contributed by atoms with van der Waals surface area (Å²) in [5, 5.41) is 7.32. The van der Waals surface area contributed by atoms with Gasteiger partial charge in [0.25, 0.3) is 0 Å². The topological polar surface area (TPSA) is 54.0 Å². The number of carbonyl (C=O) groups excluding carboxylic acids is 1. The first-order valence-corrected chi connectivity index (χ1v) is 7.35.